The third kappa shape index (κ3) is 5.91. The maximum Gasteiger partial charge on any atom is 0.320 e. The fraction of sp³-hybridized carbons (Fsp3) is 0.467. The van der Waals surface area contributed by atoms with Crippen LogP contribution in [-0.4, -0.2) is 29.6 Å². The molecule has 3 N–H and O–H groups in total. The Morgan fingerprint density at radius 2 is 1.90 bits per heavy atom. The Labute approximate surface area is 123 Å². The van der Waals surface area contributed by atoms with Gasteiger partial charge in [0.25, 0.3) is 0 Å². The second-order valence-corrected chi connectivity index (χ2v) is 4.96. The molecule has 0 spiro atoms. The highest BCUT2D eigenvalue weighted by atomic mass is 19.1. The Hall–Kier alpha value is -1.95. The van der Waals surface area contributed by atoms with Crippen LogP contribution in [0.1, 0.15) is 26.7 Å². The predicted molar refractivity (Wildman–Crippen MR) is 78.5 cm³/mol. The minimum atomic E-state index is -0.914. The van der Waals surface area contributed by atoms with Gasteiger partial charge in [0.15, 0.2) is 0 Å². The van der Waals surface area contributed by atoms with E-state index in [-0.39, 0.29) is 30.6 Å². The highest BCUT2D eigenvalue weighted by Crippen LogP contribution is 2.09. The predicted octanol–water partition coefficient (Wildman–Crippen LogP) is 2.24. The zero-order chi connectivity index (χ0) is 15.8. The largest absolute Gasteiger partial charge is 0.480 e. The summed E-state index contributed by atoms with van der Waals surface area (Å²) in [6, 6.07) is 4.81. The van der Waals surface area contributed by atoms with Crippen molar-refractivity contribution >= 4 is 17.6 Å². The smallest absolute Gasteiger partial charge is 0.320 e. The Balaban J connectivity index is 2.38. The molecule has 0 aliphatic carbocycles. The van der Waals surface area contributed by atoms with Gasteiger partial charge < -0.3 is 15.7 Å². The number of rotatable bonds is 8. The number of nitrogens with one attached hydrogen (secondary N) is 2. The number of carbonyl (C=O) groups is 2. The van der Waals surface area contributed by atoms with Gasteiger partial charge in [-0.2, -0.15) is 0 Å². The molecule has 1 aromatic rings. The molecule has 0 saturated heterocycles. The number of carboxylic acids is 1. The van der Waals surface area contributed by atoms with E-state index in [0.29, 0.717) is 5.69 Å². The van der Waals surface area contributed by atoms with Gasteiger partial charge >= 0.3 is 5.97 Å². The molecule has 0 fully saturated rings. The zero-order valence-corrected chi connectivity index (χ0v) is 12.2. The summed E-state index contributed by atoms with van der Waals surface area (Å²) in [4.78, 5) is 22.8. The standard InChI is InChI=1S/C15H21FN2O3/c1-3-10(2)14(15(20)21)17-9-8-13(19)18-12-6-4-11(16)5-7-12/h4-7,10,14,17H,3,8-9H2,1-2H3,(H,18,19)(H,20,21)/t10-,14-/m0/s1. The van der Waals surface area contributed by atoms with E-state index in [0.717, 1.165) is 6.42 Å². The molecule has 116 valence electrons. The molecule has 0 unspecified atom stereocenters. The van der Waals surface area contributed by atoms with Crippen molar-refractivity contribution in [1.82, 2.24) is 5.32 Å². The van der Waals surface area contributed by atoms with Crippen LogP contribution in [0.2, 0.25) is 0 Å². The van der Waals surface area contributed by atoms with Gasteiger partial charge in [-0.15, -0.1) is 0 Å². The first-order valence-electron chi connectivity index (χ1n) is 6.95. The van der Waals surface area contributed by atoms with Crippen LogP contribution in [0.15, 0.2) is 24.3 Å². The summed E-state index contributed by atoms with van der Waals surface area (Å²) < 4.78 is 12.7. The third-order valence-corrected chi connectivity index (χ3v) is 3.32. The molecule has 1 aromatic carbocycles. The summed E-state index contributed by atoms with van der Waals surface area (Å²) >= 11 is 0. The average Bonchev–Trinajstić information content (AvgIpc) is 2.45. The van der Waals surface area contributed by atoms with Crippen molar-refractivity contribution in [3.8, 4) is 0 Å². The Morgan fingerprint density at radius 1 is 1.29 bits per heavy atom. The van der Waals surface area contributed by atoms with Crippen molar-refractivity contribution in [1.29, 1.82) is 0 Å². The topological polar surface area (TPSA) is 78.4 Å². The molecule has 1 amide bonds. The highest BCUT2D eigenvalue weighted by Gasteiger charge is 2.22. The summed E-state index contributed by atoms with van der Waals surface area (Å²) in [6.45, 7) is 4.04. The summed E-state index contributed by atoms with van der Waals surface area (Å²) in [7, 11) is 0. The lowest BCUT2D eigenvalue weighted by molar-refractivity contribution is -0.141. The summed E-state index contributed by atoms with van der Waals surface area (Å²) in [5, 5.41) is 14.6. The first kappa shape index (κ1) is 17.1. The van der Waals surface area contributed by atoms with Gasteiger partial charge in [-0.25, -0.2) is 4.39 Å². The lowest BCUT2D eigenvalue weighted by Gasteiger charge is -2.19. The number of carbonyl (C=O) groups excluding carboxylic acids is 1. The zero-order valence-electron chi connectivity index (χ0n) is 12.2. The quantitative estimate of drug-likeness (QED) is 0.687. The van der Waals surface area contributed by atoms with E-state index in [1.165, 1.54) is 24.3 Å². The maximum absolute atomic E-state index is 12.7. The number of halogens is 1. The molecule has 0 heterocycles. The molecule has 0 aliphatic heterocycles. The van der Waals surface area contributed by atoms with Gasteiger partial charge in [0.1, 0.15) is 11.9 Å². The van der Waals surface area contributed by atoms with Gasteiger partial charge in [0.2, 0.25) is 5.91 Å². The normalized spacial score (nSPS) is 13.5. The van der Waals surface area contributed by atoms with Crippen molar-refractivity contribution in [2.45, 2.75) is 32.7 Å². The second-order valence-electron chi connectivity index (χ2n) is 4.96. The van der Waals surface area contributed by atoms with Gasteiger partial charge in [0.05, 0.1) is 0 Å². The average molecular weight is 296 g/mol. The molecule has 0 saturated carbocycles. The van der Waals surface area contributed by atoms with Crippen LogP contribution in [-0.2, 0) is 9.59 Å². The van der Waals surface area contributed by atoms with E-state index < -0.39 is 12.0 Å². The second kappa shape index (κ2) is 8.36. The highest BCUT2D eigenvalue weighted by molar-refractivity contribution is 5.90. The molecule has 21 heavy (non-hydrogen) atoms. The van der Waals surface area contributed by atoms with Crippen LogP contribution in [0.5, 0.6) is 0 Å². The van der Waals surface area contributed by atoms with E-state index in [4.69, 9.17) is 5.11 Å². The number of hydrogen-bond acceptors (Lipinski definition) is 3. The maximum atomic E-state index is 12.7. The molecule has 5 nitrogen and oxygen atoms in total. The fourth-order valence-corrected chi connectivity index (χ4v) is 1.87. The third-order valence-electron chi connectivity index (χ3n) is 3.32. The monoisotopic (exact) mass is 296 g/mol. The van der Waals surface area contributed by atoms with Gasteiger partial charge in [-0.05, 0) is 30.2 Å². The number of carboxylic acid groups (broad SMARTS) is 1. The Kier molecular flexibility index (Phi) is 6.81. The van der Waals surface area contributed by atoms with Crippen molar-refractivity contribution in [3.05, 3.63) is 30.1 Å². The molecular formula is C15H21FN2O3. The van der Waals surface area contributed by atoms with Crippen LogP contribution in [0.3, 0.4) is 0 Å². The Bertz CT molecular complexity index is 476. The lowest BCUT2D eigenvalue weighted by Crippen LogP contribution is -2.42. The van der Waals surface area contributed by atoms with Crippen molar-refractivity contribution in [3.63, 3.8) is 0 Å². The van der Waals surface area contributed by atoms with Crippen LogP contribution in [0, 0.1) is 11.7 Å². The fourth-order valence-electron chi connectivity index (χ4n) is 1.87. The van der Waals surface area contributed by atoms with Gasteiger partial charge in [0, 0.05) is 18.7 Å². The van der Waals surface area contributed by atoms with E-state index in [1.54, 1.807) is 0 Å². The van der Waals surface area contributed by atoms with Gasteiger partial charge in [-0.1, -0.05) is 20.3 Å². The van der Waals surface area contributed by atoms with E-state index in [1.807, 2.05) is 13.8 Å². The number of amides is 1. The number of benzene rings is 1. The summed E-state index contributed by atoms with van der Waals surface area (Å²) in [5.74, 6) is -1.54. The van der Waals surface area contributed by atoms with Crippen molar-refractivity contribution < 1.29 is 19.1 Å². The van der Waals surface area contributed by atoms with Crippen LogP contribution in [0.4, 0.5) is 10.1 Å². The molecule has 2 atom stereocenters. The minimum Gasteiger partial charge on any atom is -0.480 e. The first-order chi connectivity index (χ1) is 9.93. The summed E-state index contributed by atoms with van der Waals surface area (Å²) in [6.07, 6.45) is 0.892. The van der Waals surface area contributed by atoms with E-state index >= 15 is 0 Å². The molecular weight excluding hydrogens is 275 g/mol. The van der Waals surface area contributed by atoms with E-state index in [9.17, 15) is 14.0 Å². The number of aliphatic carboxylic acids is 1. The minimum absolute atomic E-state index is 0.0114. The molecule has 6 heteroatoms. The molecule has 0 bridgehead atoms. The number of anilines is 1. The summed E-state index contributed by atoms with van der Waals surface area (Å²) in [5.41, 5.74) is 0.512. The first-order valence-corrected chi connectivity index (χ1v) is 6.95. The molecule has 0 aromatic heterocycles. The molecule has 0 radical (unpaired) electrons. The van der Waals surface area contributed by atoms with Crippen LogP contribution < -0.4 is 10.6 Å². The molecule has 0 aliphatic rings. The van der Waals surface area contributed by atoms with Crippen molar-refractivity contribution in [2.24, 2.45) is 5.92 Å². The lowest BCUT2D eigenvalue weighted by atomic mass is 9.99. The SMILES string of the molecule is CC[C@H](C)[C@H](NCCC(=O)Nc1ccc(F)cc1)C(=O)O. The van der Waals surface area contributed by atoms with Gasteiger partial charge in [-0.3, -0.25) is 9.59 Å². The van der Waals surface area contributed by atoms with Crippen LogP contribution in [0.25, 0.3) is 0 Å². The van der Waals surface area contributed by atoms with Crippen molar-refractivity contribution in [2.75, 3.05) is 11.9 Å². The van der Waals surface area contributed by atoms with Crippen LogP contribution >= 0.6 is 0 Å². The Morgan fingerprint density at radius 3 is 2.43 bits per heavy atom. The molecule has 1 rings (SSSR count). The number of hydrogen-bond donors (Lipinski definition) is 3. The van der Waals surface area contributed by atoms with E-state index in [2.05, 4.69) is 10.6 Å².